The number of carbonyl (C=O) groups is 1. The van der Waals surface area contributed by atoms with Crippen molar-refractivity contribution in [1.29, 1.82) is 0 Å². The highest BCUT2D eigenvalue weighted by Gasteiger charge is 2.24. The molecule has 1 unspecified atom stereocenters. The Morgan fingerprint density at radius 1 is 1.25 bits per heavy atom. The van der Waals surface area contributed by atoms with Gasteiger partial charge in [0.2, 0.25) is 5.91 Å². The van der Waals surface area contributed by atoms with Crippen LogP contribution in [-0.4, -0.2) is 29.9 Å². The second-order valence-corrected chi connectivity index (χ2v) is 5.94. The molecule has 0 bridgehead atoms. The van der Waals surface area contributed by atoms with Gasteiger partial charge in [-0.2, -0.15) is 0 Å². The van der Waals surface area contributed by atoms with E-state index in [-0.39, 0.29) is 11.9 Å². The molecule has 6 heteroatoms. The summed E-state index contributed by atoms with van der Waals surface area (Å²) in [5.74, 6) is -0.0968. The summed E-state index contributed by atoms with van der Waals surface area (Å²) in [4.78, 5) is 14.5. The molecule has 3 N–H and O–H groups in total. The first kappa shape index (κ1) is 15.4. The third-order valence-corrected chi connectivity index (χ3v) is 4.23. The number of anilines is 2. The van der Waals surface area contributed by atoms with E-state index < -0.39 is 0 Å². The molecule has 2 rings (SSSR count). The number of likely N-dealkylation sites (tertiary alicyclic amines) is 1. The molecular weight excluding hydrogens is 297 g/mol. The maximum atomic E-state index is 12.3. The Morgan fingerprint density at radius 2 is 1.80 bits per heavy atom. The summed E-state index contributed by atoms with van der Waals surface area (Å²) in [5, 5.41) is 3.51. The van der Waals surface area contributed by atoms with E-state index in [4.69, 9.17) is 28.9 Å². The van der Waals surface area contributed by atoms with E-state index in [2.05, 4.69) is 10.2 Å². The Hall–Kier alpha value is -0.970. The number of hydrogen-bond acceptors (Lipinski definition) is 3. The average Bonchev–Trinajstić information content (AvgIpc) is 2.42. The lowest BCUT2D eigenvalue weighted by Crippen LogP contribution is -2.44. The van der Waals surface area contributed by atoms with Crippen LogP contribution in [-0.2, 0) is 4.79 Å². The molecule has 0 spiro atoms. The van der Waals surface area contributed by atoms with Crippen LogP contribution in [0.2, 0.25) is 10.0 Å². The molecule has 0 saturated carbocycles. The number of rotatable bonds is 3. The number of halogens is 2. The Balaban J connectivity index is 2.07. The number of nitrogens with zero attached hydrogens (tertiary/aromatic N) is 1. The zero-order chi connectivity index (χ0) is 14.7. The van der Waals surface area contributed by atoms with Gasteiger partial charge in [-0.3, -0.25) is 9.69 Å². The molecule has 1 saturated heterocycles. The fourth-order valence-corrected chi connectivity index (χ4v) is 3.01. The topological polar surface area (TPSA) is 58.4 Å². The first-order valence-corrected chi connectivity index (χ1v) is 7.54. The number of nitrogen functional groups attached to an aromatic ring is 1. The summed E-state index contributed by atoms with van der Waals surface area (Å²) in [5.41, 5.74) is 6.55. The monoisotopic (exact) mass is 315 g/mol. The van der Waals surface area contributed by atoms with Crippen LogP contribution >= 0.6 is 23.2 Å². The van der Waals surface area contributed by atoms with Crippen LogP contribution in [0.4, 0.5) is 11.4 Å². The van der Waals surface area contributed by atoms with Crippen molar-refractivity contribution < 1.29 is 4.79 Å². The second-order valence-electron chi connectivity index (χ2n) is 5.12. The highest BCUT2D eigenvalue weighted by Crippen LogP contribution is 2.33. The maximum Gasteiger partial charge on any atom is 0.241 e. The van der Waals surface area contributed by atoms with E-state index in [1.165, 1.54) is 6.42 Å². The van der Waals surface area contributed by atoms with Crippen LogP contribution in [0.5, 0.6) is 0 Å². The number of piperidine rings is 1. The molecule has 1 fully saturated rings. The lowest BCUT2D eigenvalue weighted by Gasteiger charge is -2.31. The molecule has 0 radical (unpaired) electrons. The largest absolute Gasteiger partial charge is 0.399 e. The van der Waals surface area contributed by atoms with Crippen molar-refractivity contribution in [2.75, 3.05) is 24.1 Å². The Morgan fingerprint density at radius 3 is 2.35 bits per heavy atom. The van der Waals surface area contributed by atoms with Crippen LogP contribution in [0, 0.1) is 0 Å². The minimum Gasteiger partial charge on any atom is -0.399 e. The zero-order valence-corrected chi connectivity index (χ0v) is 13.0. The van der Waals surface area contributed by atoms with Gasteiger partial charge in [-0.25, -0.2) is 0 Å². The van der Waals surface area contributed by atoms with Crippen molar-refractivity contribution in [2.24, 2.45) is 0 Å². The molecule has 0 aromatic heterocycles. The van der Waals surface area contributed by atoms with E-state index in [0.29, 0.717) is 21.4 Å². The van der Waals surface area contributed by atoms with Crippen molar-refractivity contribution in [3.63, 3.8) is 0 Å². The normalized spacial score (nSPS) is 17.8. The van der Waals surface area contributed by atoms with Gasteiger partial charge in [-0.1, -0.05) is 29.6 Å². The van der Waals surface area contributed by atoms with Gasteiger partial charge in [-0.05, 0) is 45.0 Å². The van der Waals surface area contributed by atoms with E-state index in [9.17, 15) is 4.79 Å². The summed E-state index contributed by atoms with van der Waals surface area (Å²) >= 11 is 12.2. The number of amides is 1. The third-order valence-electron chi connectivity index (χ3n) is 3.63. The average molecular weight is 316 g/mol. The van der Waals surface area contributed by atoms with Crippen molar-refractivity contribution in [3.05, 3.63) is 22.2 Å². The summed E-state index contributed by atoms with van der Waals surface area (Å²) in [7, 11) is 0. The lowest BCUT2D eigenvalue weighted by atomic mass is 10.1. The Bertz CT molecular complexity index is 478. The number of carbonyl (C=O) groups excluding carboxylic acids is 1. The fourth-order valence-electron chi connectivity index (χ4n) is 2.41. The van der Waals surface area contributed by atoms with Crippen molar-refractivity contribution in [3.8, 4) is 0 Å². The number of nitrogens with one attached hydrogen (secondary N) is 1. The number of hydrogen-bond donors (Lipinski definition) is 2. The van der Waals surface area contributed by atoms with E-state index in [1.807, 2.05) is 6.92 Å². The maximum absolute atomic E-state index is 12.3. The molecule has 110 valence electrons. The van der Waals surface area contributed by atoms with Crippen molar-refractivity contribution in [1.82, 2.24) is 4.90 Å². The third kappa shape index (κ3) is 3.57. The first-order valence-electron chi connectivity index (χ1n) is 6.78. The quantitative estimate of drug-likeness (QED) is 0.841. The van der Waals surface area contributed by atoms with Gasteiger partial charge in [0.1, 0.15) is 0 Å². The zero-order valence-electron chi connectivity index (χ0n) is 11.5. The van der Waals surface area contributed by atoms with Crippen LogP contribution in [0.3, 0.4) is 0 Å². The first-order chi connectivity index (χ1) is 9.49. The van der Waals surface area contributed by atoms with Gasteiger partial charge in [-0.15, -0.1) is 0 Å². The minimum absolute atomic E-state index is 0.0968. The Kier molecular flexibility index (Phi) is 5.13. The summed E-state index contributed by atoms with van der Waals surface area (Å²) in [6.07, 6.45) is 3.52. The summed E-state index contributed by atoms with van der Waals surface area (Å²) < 4.78 is 0. The van der Waals surface area contributed by atoms with Crippen molar-refractivity contribution >= 4 is 40.5 Å². The predicted molar refractivity (Wildman–Crippen MR) is 84.4 cm³/mol. The van der Waals surface area contributed by atoms with Gasteiger partial charge in [0.15, 0.2) is 0 Å². The predicted octanol–water partition coefficient (Wildman–Crippen LogP) is 3.39. The summed E-state index contributed by atoms with van der Waals surface area (Å²) in [6.45, 7) is 3.81. The van der Waals surface area contributed by atoms with Gasteiger partial charge < -0.3 is 11.1 Å². The Labute approximate surface area is 129 Å². The molecule has 0 aliphatic carbocycles. The van der Waals surface area contributed by atoms with E-state index >= 15 is 0 Å². The molecule has 4 nitrogen and oxygen atoms in total. The van der Waals surface area contributed by atoms with E-state index in [0.717, 1.165) is 25.9 Å². The number of benzene rings is 1. The molecule has 20 heavy (non-hydrogen) atoms. The fraction of sp³-hybridized carbons (Fsp3) is 0.500. The molecule has 1 aromatic carbocycles. The molecule has 1 heterocycles. The molecule has 1 amide bonds. The highest BCUT2D eigenvalue weighted by atomic mass is 35.5. The van der Waals surface area contributed by atoms with E-state index in [1.54, 1.807) is 12.1 Å². The molecule has 1 aliphatic heterocycles. The van der Waals surface area contributed by atoms with Crippen LogP contribution in [0.15, 0.2) is 12.1 Å². The standard InChI is InChI=1S/C14H19Cl2N3O/c1-9(19-5-3-2-4-6-19)14(20)18-13-11(15)7-10(17)8-12(13)16/h7-9H,2-6,17H2,1H3,(H,18,20). The second kappa shape index (κ2) is 6.66. The number of nitrogens with two attached hydrogens (primary N) is 1. The van der Waals surface area contributed by atoms with Gasteiger partial charge >= 0.3 is 0 Å². The molecule has 1 aliphatic rings. The molecular formula is C14H19Cl2N3O. The lowest BCUT2D eigenvalue weighted by molar-refractivity contribution is -0.121. The van der Waals surface area contributed by atoms with Crippen LogP contribution in [0.25, 0.3) is 0 Å². The van der Waals surface area contributed by atoms with Gasteiger partial charge in [0.05, 0.1) is 21.8 Å². The van der Waals surface area contributed by atoms with Crippen LogP contribution in [0.1, 0.15) is 26.2 Å². The van der Waals surface area contributed by atoms with Gasteiger partial charge in [0, 0.05) is 5.69 Å². The minimum atomic E-state index is -0.194. The van der Waals surface area contributed by atoms with Gasteiger partial charge in [0.25, 0.3) is 0 Å². The smallest absolute Gasteiger partial charge is 0.241 e. The highest BCUT2D eigenvalue weighted by molar-refractivity contribution is 6.40. The van der Waals surface area contributed by atoms with Crippen LogP contribution < -0.4 is 11.1 Å². The molecule has 1 atom stereocenters. The molecule has 1 aromatic rings. The summed E-state index contributed by atoms with van der Waals surface area (Å²) in [6, 6.07) is 2.96. The van der Waals surface area contributed by atoms with Crippen molar-refractivity contribution in [2.45, 2.75) is 32.2 Å². The SMILES string of the molecule is CC(C(=O)Nc1c(Cl)cc(N)cc1Cl)N1CCCCC1.